The summed E-state index contributed by atoms with van der Waals surface area (Å²) in [5.74, 6) is 1.34. The molecule has 5 nitrogen and oxygen atoms in total. The van der Waals surface area contributed by atoms with E-state index in [2.05, 4.69) is 22.3 Å². The van der Waals surface area contributed by atoms with Crippen LogP contribution in [0.15, 0.2) is 24.3 Å². The fourth-order valence-corrected chi connectivity index (χ4v) is 2.24. The van der Waals surface area contributed by atoms with Gasteiger partial charge in [0.25, 0.3) is 0 Å². The molecule has 0 unspecified atom stereocenters. The first-order chi connectivity index (χ1) is 9.87. The Balaban J connectivity index is 1.70. The molecule has 116 valence electrons. The van der Waals surface area contributed by atoms with Crippen LogP contribution in [0.4, 0.5) is 10.5 Å². The maximum atomic E-state index is 11.6. The zero-order chi connectivity index (χ0) is 15.5. The van der Waals surface area contributed by atoms with E-state index < -0.39 is 5.60 Å². The molecule has 0 aliphatic carbocycles. The molecular formula is C16H24N2O3. The van der Waals surface area contributed by atoms with Crippen molar-refractivity contribution in [2.24, 2.45) is 5.92 Å². The highest BCUT2D eigenvalue weighted by Crippen LogP contribution is 2.26. The summed E-state index contributed by atoms with van der Waals surface area (Å²) in [7, 11) is 1.66. The Labute approximate surface area is 126 Å². The molecule has 0 aromatic heterocycles. The van der Waals surface area contributed by atoms with Crippen molar-refractivity contribution in [1.29, 1.82) is 0 Å². The van der Waals surface area contributed by atoms with Crippen molar-refractivity contribution in [3.8, 4) is 5.75 Å². The highest BCUT2D eigenvalue weighted by molar-refractivity contribution is 5.67. The summed E-state index contributed by atoms with van der Waals surface area (Å²) in [6.07, 6.45) is -0.342. The normalized spacial score (nSPS) is 15.3. The average Bonchev–Trinajstić information content (AvgIpc) is 2.35. The van der Waals surface area contributed by atoms with E-state index in [4.69, 9.17) is 9.47 Å². The van der Waals surface area contributed by atoms with E-state index in [9.17, 15) is 4.79 Å². The van der Waals surface area contributed by atoms with Crippen LogP contribution in [-0.4, -0.2) is 38.4 Å². The van der Waals surface area contributed by atoms with Crippen LogP contribution in [0.5, 0.6) is 5.75 Å². The highest BCUT2D eigenvalue weighted by Gasteiger charge is 2.27. The molecule has 1 amide bonds. The van der Waals surface area contributed by atoms with Crippen molar-refractivity contribution in [2.75, 3.05) is 31.6 Å². The number of amides is 1. The van der Waals surface area contributed by atoms with Crippen molar-refractivity contribution in [2.45, 2.75) is 26.4 Å². The summed E-state index contributed by atoms with van der Waals surface area (Å²) in [5.41, 5.74) is 0.739. The Morgan fingerprint density at radius 2 is 1.90 bits per heavy atom. The smallest absolute Gasteiger partial charge is 0.407 e. The fourth-order valence-electron chi connectivity index (χ4n) is 2.24. The van der Waals surface area contributed by atoms with E-state index in [0.717, 1.165) is 18.8 Å². The Kier molecular flexibility index (Phi) is 4.60. The third-order valence-corrected chi connectivity index (χ3v) is 3.33. The van der Waals surface area contributed by atoms with Gasteiger partial charge in [0.15, 0.2) is 0 Å². The van der Waals surface area contributed by atoms with E-state index in [1.54, 1.807) is 7.11 Å². The molecule has 0 saturated carbocycles. The predicted molar refractivity (Wildman–Crippen MR) is 82.9 cm³/mol. The number of alkyl carbamates (subject to hydrolysis) is 1. The van der Waals surface area contributed by atoms with Gasteiger partial charge in [0, 0.05) is 31.2 Å². The lowest BCUT2D eigenvalue weighted by Gasteiger charge is -2.41. The Morgan fingerprint density at radius 1 is 1.29 bits per heavy atom. The SMILES string of the molecule is COc1ccc(N2CC(CNC(=O)OC(C)(C)C)C2)cc1. The van der Waals surface area contributed by atoms with Crippen LogP contribution < -0.4 is 15.0 Å². The molecule has 0 spiro atoms. The van der Waals surface area contributed by atoms with Gasteiger partial charge in [0.1, 0.15) is 11.4 Å². The summed E-state index contributed by atoms with van der Waals surface area (Å²) in [6.45, 7) is 8.13. The maximum Gasteiger partial charge on any atom is 0.407 e. The van der Waals surface area contributed by atoms with E-state index in [1.807, 2.05) is 32.9 Å². The lowest BCUT2D eigenvalue weighted by Crippen LogP contribution is -2.51. The first kappa shape index (κ1) is 15.5. The highest BCUT2D eigenvalue weighted by atomic mass is 16.6. The topological polar surface area (TPSA) is 50.8 Å². The summed E-state index contributed by atoms with van der Waals surface area (Å²) < 4.78 is 10.4. The van der Waals surface area contributed by atoms with Crippen LogP contribution in [0.25, 0.3) is 0 Å². The second-order valence-corrected chi connectivity index (χ2v) is 6.35. The minimum atomic E-state index is -0.446. The average molecular weight is 292 g/mol. The molecular weight excluding hydrogens is 268 g/mol. The van der Waals surface area contributed by atoms with Gasteiger partial charge in [-0.1, -0.05) is 0 Å². The van der Waals surface area contributed by atoms with Crippen LogP contribution in [0.2, 0.25) is 0 Å². The van der Waals surface area contributed by atoms with Gasteiger partial charge in [-0.3, -0.25) is 0 Å². The monoisotopic (exact) mass is 292 g/mol. The number of methoxy groups -OCH3 is 1. The molecule has 1 fully saturated rings. The standard InChI is InChI=1S/C16H24N2O3/c1-16(2,3)21-15(19)17-9-12-10-18(11-12)13-5-7-14(20-4)8-6-13/h5-8,12H,9-11H2,1-4H3,(H,17,19). The minimum absolute atomic E-state index is 0.342. The number of hydrogen-bond acceptors (Lipinski definition) is 4. The maximum absolute atomic E-state index is 11.6. The summed E-state index contributed by atoms with van der Waals surface area (Å²) in [6, 6.07) is 8.02. The van der Waals surface area contributed by atoms with Crippen molar-refractivity contribution in [3.63, 3.8) is 0 Å². The summed E-state index contributed by atoms with van der Waals surface area (Å²) in [5, 5.41) is 2.82. The van der Waals surface area contributed by atoms with Crippen molar-refractivity contribution >= 4 is 11.8 Å². The van der Waals surface area contributed by atoms with E-state index in [1.165, 1.54) is 5.69 Å². The van der Waals surface area contributed by atoms with Gasteiger partial charge in [-0.2, -0.15) is 0 Å². The van der Waals surface area contributed by atoms with Crippen molar-refractivity contribution < 1.29 is 14.3 Å². The molecule has 2 rings (SSSR count). The number of carbonyl (C=O) groups is 1. The molecule has 1 aromatic carbocycles. The van der Waals surface area contributed by atoms with Crippen LogP contribution in [0.3, 0.4) is 0 Å². The Hall–Kier alpha value is -1.91. The van der Waals surface area contributed by atoms with Crippen LogP contribution in [-0.2, 0) is 4.74 Å². The van der Waals surface area contributed by atoms with E-state index in [0.29, 0.717) is 12.5 Å². The van der Waals surface area contributed by atoms with E-state index in [-0.39, 0.29) is 6.09 Å². The second-order valence-electron chi connectivity index (χ2n) is 6.35. The van der Waals surface area contributed by atoms with Crippen LogP contribution >= 0.6 is 0 Å². The molecule has 1 aliphatic heterocycles. The van der Waals surface area contributed by atoms with Gasteiger partial charge in [0.2, 0.25) is 0 Å². The van der Waals surface area contributed by atoms with Crippen molar-refractivity contribution in [1.82, 2.24) is 5.32 Å². The van der Waals surface area contributed by atoms with Gasteiger partial charge >= 0.3 is 6.09 Å². The van der Waals surface area contributed by atoms with Gasteiger partial charge in [-0.15, -0.1) is 0 Å². The minimum Gasteiger partial charge on any atom is -0.497 e. The number of hydrogen-bond donors (Lipinski definition) is 1. The molecule has 1 saturated heterocycles. The predicted octanol–water partition coefficient (Wildman–Crippen LogP) is 2.66. The Bertz CT molecular complexity index is 473. The van der Waals surface area contributed by atoms with Gasteiger partial charge in [-0.25, -0.2) is 4.79 Å². The molecule has 1 heterocycles. The zero-order valence-corrected chi connectivity index (χ0v) is 13.2. The first-order valence-electron chi connectivity index (χ1n) is 7.23. The largest absolute Gasteiger partial charge is 0.497 e. The molecule has 1 aromatic rings. The van der Waals surface area contributed by atoms with Gasteiger partial charge in [-0.05, 0) is 45.0 Å². The number of anilines is 1. The molecule has 0 radical (unpaired) electrons. The fraction of sp³-hybridized carbons (Fsp3) is 0.562. The number of nitrogens with zero attached hydrogens (tertiary/aromatic N) is 1. The number of benzene rings is 1. The van der Waals surface area contributed by atoms with Crippen LogP contribution in [0, 0.1) is 5.92 Å². The second kappa shape index (κ2) is 6.24. The van der Waals surface area contributed by atoms with Gasteiger partial charge < -0.3 is 19.7 Å². The number of rotatable bonds is 4. The molecule has 1 N–H and O–H groups in total. The summed E-state index contributed by atoms with van der Waals surface area (Å²) >= 11 is 0. The third kappa shape index (κ3) is 4.55. The number of ether oxygens (including phenoxy) is 2. The lowest BCUT2D eigenvalue weighted by atomic mass is 9.99. The zero-order valence-electron chi connectivity index (χ0n) is 13.2. The number of nitrogens with one attached hydrogen (secondary N) is 1. The molecule has 0 bridgehead atoms. The molecule has 21 heavy (non-hydrogen) atoms. The Morgan fingerprint density at radius 3 is 2.43 bits per heavy atom. The van der Waals surface area contributed by atoms with Crippen molar-refractivity contribution in [3.05, 3.63) is 24.3 Å². The lowest BCUT2D eigenvalue weighted by molar-refractivity contribution is 0.0516. The third-order valence-electron chi connectivity index (χ3n) is 3.33. The molecule has 5 heteroatoms. The van der Waals surface area contributed by atoms with Crippen LogP contribution in [0.1, 0.15) is 20.8 Å². The molecule has 1 aliphatic rings. The van der Waals surface area contributed by atoms with E-state index >= 15 is 0 Å². The number of carbonyl (C=O) groups excluding carboxylic acids is 1. The van der Waals surface area contributed by atoms with Gasteiger partial charge in [0.05, 0.1) is 7.11 Å². The summed E-state index contributed by atoms with van der Waals surface area (Å²) in [4.78, 5) is 13.8. The molecule has 0 atom stereocenters. The first-order valence-corrected chi connectivity index (χ1v) is 7.23. The quantitative estimate of drug-likeness (QED) is 0.927.